The molecule has 7 heteroatoms. The number of nitrogens with zero attached hydrogens (tertiary/aromatic N) is 2. The Hall–Kier alpha value is -5.14. The molecule has 182 valence electrons. The Labute approximate surface area is 215 Å². The standard InChI is InChI=1S/C30H23N3O4/c1-21-27(26-17-8-9-18-31-26)29(24-15-11-16-25(20-24)33(35)36)28(22(2)32-21)30(34)37-19-10-4-7-14-23-12-5-3-6-13-23/h3,5-6,8-9,11-13,15-18,20,29,32H,19H2,1-2H3. The molecule has 0 amide bonds. The summed E-state index contributed by atoms with van der Waals surface area (Å²) in [5.41, 5.74) is 4.46. The summed E-state index contributed by atoms with van der Waals surface area (Å²) < 4.78 is 5.50. The Balaban J connectivity index is 1.65. The number of hydrogen-bond donors (Lipinski definition) is 1. The Kier molecular flexibility index (Phi) is 7.78. The predicted octanol–water partition coefficient (Wildman–Crippen LogP) is 4.98. The van der Waals surface area contributed by atoms with Crippen LogP contribution in [0.4, 0.5) is 5.69 Å². The molecular weight excluding hydrogens is 466 g/mol. The van der Waals surface area contributed by atoms with Gasteiger partial charge in [0.2, 0.25) is 0 Å². The van der Waals surface area contributed by atoms with Crippen molar-refractivity contribution in [2.45, 2.75) is 19.8 Å². The molecule has 0 fully saturated rings. The predicted molar refractivity (Wildman–Crippen MR) is 141 cm³/mol. The Morgan fingerprint density at radius 2 is 1.81 bits per heavy atom. The summed E-state index contributed by atoms with van der Waals surface area (Å²) in [6.07, 6.45) is 1.66. The molecule has 0 aliphatic carbocycles. The lowest BCUT2D eigenvalue weighted by Crippen LogP contribution is -2.29. The molecular formula is C30H23N3O4. The van der Waals surface area contributed by atoms with E-state index in [2.05, 4.69) is 34.0 Å². The molecule has 1 aliphatic rings. The maximum absolute atomic E-state index is 13.3. The summed E-state index contributed by atoms with van der Waals surface area (Å²) in [4.78, 5) is 28.9. The SMILES string of the molecule is CC1=C(C(=O)OCC#CC#Cc2ccccc2)C(c2cccc([N+](=O)[O-])c2)C(c2ccccn2)=C(C)N1. The lowest BCUT2D eigenvalue weighted by molar-refractivity contribution is -0.384. The summed E-state index contributed by atoms with van der Waals surface area (Å²) >= 11 is 0. The minimum atomic E-state index is -0.630. The fourth-order valence-electron chi connectivity index (χ4n) is 4.16. The number of nitrogens with one attached hydrogen (secondary N) is 1. The zero-order chi connectivity index (χ0) is 26.2. The minimum Gasteiger partial charge on any atom is -0.449 e. The van der Waals surface area contributed by atoms with Crippen molar-refractivity contribution in [3.05, 3.63) is 123 Å². The van der Waals surface area contributed by atoms with Gasteiger partial charge in [0.1, 0.15) is 0 Å². The first kappa shape index (κ1) is 25.0. The molecule has 0 saturated carbocycles. The van der Waals surface area contributed by atoms with Crippen molar-refractivity contribution in [1.82, 2.24) is 10.3 Å². The number of pyridine rings is 1. The van der Waals surface area contributed by atoms with E-state index in [1.165, 1.54) is 12.1 Å². The van der Waals surface area contributed by atoms with E-state index in [1.54, 1.807) is 31.3 Å². The van der Waals surface area contributed by atoms with Crippen LogP contribution in [0.5, 0.6) is 0 Å². The van der Waals surface area contributed by atoms with Crippen LogP contribution in [0.2, 0.25) is 0 Å². The van der Waals surface area contributed by atoms with Gasteiger partial charge >= 0.3 is 5.97 Å². The lowest BCUT2D eigenvalue weighted by Gasteiger charge is -2.31. The molecule has 1 N–H and O–H groups in total. The second kappa shape index (κ2) is 11.5. The van der Waals surface area contributed by atoms with Crippen LogP contribution in [0.15, 0.2) is 96.0 Å². The van der Waals surface area contributed by atoms with Gasteiger partial charge in [-0.1, -0.05) is 42.3 Å². The van der Waals surface area contributed by atoms with Crippen LogP contribution < -0.4 is 5.32 Å². The molecule has 2 heterocycles. The zero-order valence-corrected chi connectivity index (χ0v) is 20.3. The molecule has 0 saturated heterocycles. The quantitative estimate of drug-likeness (QED) is 0.235. The van der Waals surface area contributed by atoms with Crippen molar-refractivity contribution in [3.63, 3.8) is 0 Å². The maximum Gasteiger partial charge on any atom is 0.337 e. The molecule has 3 aromatic rings. The molecule has 0 bridgehead atoms. The minimum absolute atomic E-state index is 0.0673. The van der Waals surface area contributed by atoms with E-state index in [1.807, 2.05) is 49.4 Å². The highest BCUT2D eigenvalue weighted by molar-refractivity contribution is 5.97. The van der Waals surface area contributed by atoms with Crippen LogP contribution >= 0.6 is 0 Å². The van der Waals surface area contributed by atoms with Gasteiger partial charge in [-0.15, -0.1) is 0 Å². The van der Waals surface area contributed by atoms with Crippen molar-refractivity contribution in [2.75, 3.05) is 6.61 Å². The van der Waals surface area contributed by atoms with E-state index < -0.39 is 16.8 Å². The van der Waals surface area contributed by atoms with E-state index >= 15 is 0 Å². The first-order valence-corrected chi connectivity index (χ1v) is 11.5. The lowest BCUT2D eigenvalue weighted by atomic mass is 9.79. The van der Waals surface area contributed by atoms with Crippen molar-refractivity contribution in [3.8, 4) is 23.7 Å². The van der Waals surface area contributed by atoms with Gasteiger partial charge in [0.25, 0.3) is 5.69 Å². The maximum atomic E-state index is 13.3. The summed E-state index contributed by atoms with van der Waals surface area (Å²) in [5.74, 6) is 9.90. The number of hydrogen-bond acceptors (Lipinski definition) is 6. The number of rotatable bonds is 5. The van der Waals surface area contributed by atoms with Crippen molar-refractivity contribution in [2.24, 2.45) is 0 Å². The van der Waals surface area contributed by atoms with Crippen LogP contribution in [0, 0.1) is 33.8 Å². The highest BCUT2D eigenvalue weighted by Gasteiger charge is 2.35. The van der Waals surface area contributed by atoms with Gasteiger partial charge < -0.3 is 10.1 Å². The molecule has 1 atom stereocenters. The van der Waals surface area contributed by atoms with Crippen LogP contribution in [-0.2, 0) is 9.53 Å². The normalized spacial score (nSPS) is 14.5. The second-order valence-corrected chi connectivity index (χ2v) is 8.20. The molecule has 37 heavy (non-hydrogen) atoms. The van der Waals surface area contributed by atoms with Gasteiger partial charge in [-0.2, -0.15) is 0 Å². The summed E-state index contributed by atoms with van der Waals surface area (Å²) in [7, 11) is 0. The number of ether oxygens (including phenoxy) is 1. The van der Waals surface area contributed by atoms with Crippen LogP contribution in [0.1, 0.15) is 36.6 Å². The topological polar surface area (TPSA) is 94.4 Å². The van der Waals surface area contributed by atoms with Gasteiger partial charge in [-0.3, -0.25) is 15.1 Å². The monoisotopic (exact) mass is 489 g/mol. The van der Waals surface area contributed by atoms with Crippen molar-refractivity contribution in [1.29, 1.82) is 0 Å². The van der Waals surface area contributed by atoms with Crippen LogP contribution in [0.25, 0.3) is 5.57 Å². The number of dihydropyridines is 1. The molecule has 0 radical (unpaired) electrons. The highest BCUT2D eigenvalue weighted by atomic mass is 16.6. The number of non-ortho nitro benzene ring substituents is 1. The average Bonchev–Trinajstić information content (AvgIpc) is 2.91. The second-order valence-electron chi connectivity index (χ2n) is 8.20. The average molecular weight is 490 g/mol. The molecule has 2 aromatic carbocycles. The van der Waals surface area contributed by atoms with Gasteiger partial charge in [0.15, 0.2) is 6.61 Å². The third kappa shape index (κ3) is 5.93. The van der Waals surface area contributed by atoms with E-state index in [0.29, 0.717) is 22.5 Å². The summed E-state index contributed by atoms with van der Waals surface area (Å²) in [6, 6.07) is 21.2. The van der Waals surface area contributed by atoms with Gasteiger partial charge in [-0.25, -0.2) is 4.79 Å². The number of allylic oxidation sites excluding steroid dienone is 3. The molecule has 7 nitrogen and oxygen atoms in total. The third-order valence-electron chi connectivity index (χ3n) is 5.74. The van der Waals surface area contributed by atoms with Crippen molar-refractivity contribution >= 4 is 17.2 Å². The number of benzene rings is 2. The van der Waals surface area contributed by atoms with E-state index in [-0.39, 0.29) is 12.3 Å². The number of aromatic nitrogens is 1. The Morgan fingerprint density at radius 3 is 2.54 bits per heavy atom. The van der Waals surface area contributed by atoms with Crippen molar-refractivity contribution < 1.29 is 14.5 Å². The van der Waals surface area contributed by atoms with E-state index in [0.717, 1.165) is 16.8 Å². The largest absolute Gasteiger partial charge is 0.449 e. The number of carbonyl (C=O) groups is 1. The number of nitro groups is 1. The number of carbonyl (C=O) groups excluding carboxylic acids is 1. The summed E-state index contributed by atoms with van der Waals surface area (Å²) in [5, 5.41) is 14.7. The smallest absolute Gasteiger partial charge is 0.337 e. The third-order valence-corrected chi connectivity index (χ3v) is 5.74. The van der Waals surface area contributed by atoms with E-state index in [4.69, 9.17) is 4.74 Å². The molecule has 1 unspecified atom stereocenters. The van der Waals surface area contributed by atoms with Gasteiger partial charge in [0.05, 0.1) is 16.2 Å². The molecule has 0 spiro atoms. The van der Waals surface area contributed by atoms with E-state index in [9.17, 15) is 14.9 Å². The number of esters is 1. The van der Waals surface area contributed by atoms with Gasteiger partial charge in [-0.05, 0) is 61.4 Å². The molecule has 1 aliphatic heterocycles. The summed E-state index contributed by atoms with van der Waals surface area (Å²) in [6.45, 7) is 3.51. The Morgan fingerprint density at radius 1 is 1.03 bits per heavy atom. The number of nitro benzene ring substituents is 1. The fourth-order valence-corrected chi connectivity index (χ4v) is 4.16. The molecule has 4 rings (SSSR count). The highest BCUT2D eigenvalue weighted by Crippen LogP contribution is 2.43. The van der Waals surface area contributed by atoms with Crippen LogP contribution in [-0.4, -0.2) is 22.5 Å². The van der Waals surface area contributed by atoms with Gasteiger partial charge in [0, 0.05) is 46.8 Å². The fraction of sp³-hybridized carbons (Fsp3) is 0.133. The molecule has 1 aromatic heterocycles. The first-order valence-electron chi connectivity index (χ1n) is 11.5. The Bertz CT molecular complexity index is 1520. The first-order chi connectivity index (χ1) is 18.0. The van der Waals surface area contributed by atoms with Crippen LogP contribution in [0.3, 0.4) is 0 Å². The zero-order valence-electron chi connectivity index (χ0n) is 20.3.